The molecule has 3 fully saturated rings. The highest BCUT2D eigenvalue weighted by Gasteiger charge is 2.53. The zero-order valence-electron chi connectivity index (χ0n) is 36.5. The summed E-state index contributed by atoms with van der Waals surface area (Å²) in [4.78, 5) is 22.0. The van der Waals surface area contributed by atoms with Crippen molar-refractivity contribution in [2.75, 3.05) is 27.8 Å². The van der Waals surface area contributed by atoms with E-state index in [9.17, 15) is 30.3 Å². The lowest BCUT2D eigenvalue weighted by Gasteiger charge is -2.49. The van der Waals surface area contributed by atoms with Gasteiger partial charge in [0.15, 0.2) is 12.6 Å². The maximum absolute atomic E-state index is 14.3. The van der Waals surface area contributed by atoms with Crippen LogP contribution in [0.15, 0.2) is 5.16 Å². The molecule has 0 bridgehead atoms. The zero-order valence-corrected chi connectivity index (χ0v) is 36.5. The molecular weight excluding hydrogens is 728 g/mol. The molecule has 18 atom stereocenters. The fraction of sp³-hybridized carbons (Fsp3) is 0.951. The smallest absolute Gasteiger partial charge is 0.311 e. The summed E-state index contributed by atoms with van der Waals surface area (Å²) in [5, 5.41) is 63.6. The van der Waals surface area contributed by atoms with E-state index >= 15 is 0 Å². The fourth-order valence-electron chi connectivity index (χ4n) is 8.92. The third kappa shape index (κ3) is 11.2. The summed E-state index contributed by atoms with van der Waals surface area (Å²) in [6, 6.07) is -0.308. The number of hydrogen-bond donors (Lipinski definition) is 5. The Kier molecular flexibility index (Phi) is 17.6. The van der Waals surface area contributed by atoms with Crippen molar-refractivity contribution < 1.29 is 63.6 Å². The molecule has 56 heavy (non-hydrogen) atoms. The highest BCUT2D eigenvalue weighted by atomic mass is 16.7. The number of esters is 1. The van der Waals surface area contributed by atoms with Gasteiger partial charge in [-0.1, -0.05) is 46.2 Å². The average Bonchev–Trinajstić information content (AvgIpc) is 3.12. The van der Waals surface area contributed by atoms with Crippen molar-refractivity contribution in [1.29, 1.82) is 0 Å². The summed E-state index contributed by atoms with van der Waals surface area (Å²) in [6.45, 7) is 19.6. The number of cyclic esters (lactones) is 1. The van der Waals surface area contributed by atoms with Crippen LogP contribution >= 0.6 is 0 Å². The topological polar surface area (TPSA) is 198 Å². The molecule has 0 spiro atoms. The summed E-state index contributed by atoms with van der Waals surface area (Å²) in [5.74, 6) is -3.90. The lowest BCUT2D eigenvalue weighted by atomic mass is 9.73. The van der Waals surface area contributed by atoms with Crippen molar-refractivity contribution in [3.63, 3.8) is 0 Å². The van der Waals surface area contributed by atoms with Crippen LogP contribution in [0.2, 0.25) is 0 Å². The number of unbranched alkanes of at least 4 members (excludes halogenated alkanes) is 1. The summed E-state index contributed by atoms with van der Waals surface area (Å²) in [5.41, 5.74) is -4.27. The molecule has 3 heterocycles. The molecule has 0 unspecified atom stereocenters. The van der Waals surface area contributed by atoms with Crippen LogP contribution in [0.3, 0.4) is 0 Å². The number of likely N-dealkylation sites (N-methyl/N-ethyl adjacent to an activating group) is 1. The van der Waals surface area contributed by atoms with E-state index in [0.29, 0.717) is 18.7 Å². The van der Waals surface area contributed by atoms with E-state index in [4.69, 9.17) is 33.3 Å². The van der Waals surface area contributed by atoms with Gasteiger partial charge in [-0.25, -0.2) is 0 Å². The van der Waals surface area contributed by atoms with Gasteiger partial charge in [-0.2, -0.15) is 0 Å². The Morgan fingerprint density at radius 3 is 2.12 bits per heavy atom. The Bertz CT molecular complexity index is 1270. The minimum atomic E-state index is -1.92. The zero-order chi connectivity index (χ0) is 42.5. The first-order valence-corrected chi connectivity index (χ1v) is 20.7. The maximum atomic E-state index is 14.3. The Balaban J connectivity index is 2.24. The average molecular weight is 805 g/mol. The van der Waals surface area contributed by atoms with Crippen molar-refractivity contribution in [3.05, 3.63) is 0 Å². The number of ether oxygens (including phenoxy) is 6. The summed E-state index contributed by atoms with van der Waals surface area (Å²) < 4.78 is 37.7. The molecule has 0 radical (unpaired) electrons. The Morgan fingerprint density at radius 1 is 0.911 bits per heavy atom. The predicted molar refractivity (Wildman–Crippen MR) is 210 cm³/mol. The van der Waals surface area contributed by atoms with Gasteiger partial charge >= 0.3 is 5.97 Å². The van der Waals surface area contributed by atoms with Gasteiger partial charge in [0, 0.05) is 37.3 Å². The molecule has 3 saturated heterocycles. The number of hydrogen-bond acceptors (Lipinski definition) is 15. The van der Waals surface area contributed by atoms with Gasteiger partial charge in [-0.15, -0.1) is 0 Å². The molecule has 15 nitrogen and oxygen atoms in total. The summed E-state index contributed by atoms with van der Waals surface area (Å²) in [6.07, 6.45) is -7.45. The maximum Gasteiger partial charge on any atom is 0.311 e. The SMILES string of the molecule is CCCCO/N=C1\[C@H](C)C[C@@](C)(O)[C@H](O[C@@H]2O[C@H](C)C[C@H](N(C)C)[C@H]2O)[C@@H](C)[C@H](O[C@H]2C[C@@](C)(OC)[C@@H](O)[C@H](C)O2)[C@@H](C)C(=O)O[C@H](CC)[C@@](C)(O)[C@H](O)[C@H]1C. The molecule has 3 rings (SSSR count). The minimum Gasteiger partial charge on any atom is -0.459 e. The highest BCUT2D eigenvalue weighted by Crippen LogP contribution is 2.41. The van der Waals surface area contributed by atoms with E-state index in [0.717, 1.165) is 12.8 Å². The third-order valence-electron chi connectivity index (χ3n) is 12.6. The number of carbonyl (C=O) groups excluding carboxylic acids is 1. The molecular formula is C41H76N2O13. The number of carbonyl (C=O) groups is 1. The first-order chi connectivity index (χ1) is 26.0. The van der Waals surface area contributed by atoms with Gasteiger partial charge in [0.05, 0.1) is 53.4 Å². The van der Waals surface area contributed by atoms with Crippen molar-refractivity contribution >= 4 is 11.7 Å². The van der Waals surface area contributed by atoms with Gasteiger partial charge in [-0.3, -0.25) is 4.79 Å². The standard InChI is InChI=1S/C41H76N2O13/c1-15-17-18-51-42-31-22(3)20-39(9,48)36(56-38-32(44)28(43(12)13)19-23(4)52-38)25(6)33(55-30-21-40(10,50-14)35(46)27(8)53-30)26(7)37(47)54-29(16-2)41(11,49)34(45)24(31)5/h22-30,32-36,38,44-46,48-49H,15-21H2,1-14H3/b42-31+/t22-,23-,24+,25+,26-,27+,28+,29-,30+,32-,33+,34-,35+,36-,38+,39-,40-,41-/m1/s1. The molecule has 328 valence electrons. The lowest BCUT2D eigenvalue weighted by molar-refractivity contribution is -0.317. The molecule has 0 aliphatic carbocycles. The number of oxime groups is 1. The quantitative estimate of drug-likeness (QED) is 0.116. The van der Waals surface area contributed by atoms with Crippen LogP contribution in [-0.2, 0) is 38.1 Å². The number of nitrogens with zero attached hydrogens (tertiary/aromatic N) is 2. The minimum absolute atomic E-state index is 0.0281. The van der Waals surface area contributed by atoms with E-state index in [-0.39, 0.29) is 31.4 Å². The molecule has 0 aromatic heterocycles. The van der Waals surface area contributed by atoms with E-state index in [1.807, 2.05) is 39.8 Å². The van der Waals surface area contributed by atoms with Gasteiger partial charge < -0.3 is 63.7 Å². The Labute approximate surface area is 335 Å². The van der Waals surface area contributed by atoms with Crippen LogP contribution < -0.4 is 0 Å². The molecule has 0 amide bonds. The van der Waals surface area contributed by atoms with Crippen LogP contribution in [0.1, 0.15) is 115 Å². The van der Waals surface area contributed by atoms with Crippen LogP contribution in [0.4, 0.5) is 0 Å². The molecule has 0 aromatic carbocycles. The number of rotatable bonds is 11. The highest BCUT2D eigenvalue weighted by molar-refractivity contribution is 5.88. The monoisotopic (exact) mass is 805 g/mol. The summed E-state index contributed by atoms with van der Waals surface area (Å²) in [7, 11) is 5.25. The van der Waals surface area contributed by atoms with Crippen LogP contribution in [0, 0.1) is 23.7 Å². The lowest BCUT2D eigenvalue weighted by Crippen LogP contribution is -2.61. The van der Waals surface area contributed by atoms with Crippen LogP contribution in [-0.4, -0.2) is 154 Å². The molecule has 0 aromatic rings. The Morgan fingerprint density at radius 2 is 1.55 bits per heavy atom. The van der Waals surface area contributed by atoms with Crippen molar-refractivity contribution in [2.24, 2.45) is 28.8 Å². The predicted octanol–water partition coefficient (Wildman–Crippen LogP) is 3.39. The van der Waals surface area contributed by atoms with Gasteiger partial charge in [0.2, 0.25) is 0 Å². The second kappa shape index (κ2) is 20.2. The van der Waals surface area contributed by atoms with Crippen molar-refractivity contribution in [1.82, 2.24) is 4.90 Å². The second-order valence-electron chi connectivity index (χ2n) is 17.8. The van der Waals surface area contributed by atoms with Gasteiger partial charge in [-0.05, 0) is 81.3 Å². The van der Waals surface area contributed by atoms with Crippen molar-refractivity contribution in [2.45, 2.75) is 199 Å². The first-order valence-electron chi connectivity index (χ1n) is 20.7. The molecule has 3 aliphatic heterocycles. The normalized spacial score (nSPS) is 47.0. The number of aliphatic hydroxyl groups excluding tert-OH is 3. The molecule has 3 aliphatic rings. The molecule has 5 N–H and O–H groups in total. The number of aliphatic hydroxyl groups is 5. The van der Waals surface area contributed by atoms with Crippen LogP contribution in [0.25, 0.3) is 0 Å². The van der Waals surface area contributed by atoms with Gasteiger partial charge in [0.25, 0.3) is 0 Å². The first kappa shape index (κ1) is 48.9. The second-order valence-corrected chi connectivity index (χ2v) is 17.8. The van der Waals surface area contributed by atoms with Crippen LogP contribution in [0.5, 0.6) is 0 Å². The fourth-order valence-corrected chi connectivity index (χ4v) is 8.92. The largest absolute Gasteiger partial charge is 0.459 e. The number of methoxy groups -OCH3 is 1. The summed E-state index contributed by atoms with van der Waals surface area (Å²) >= 11 is 0. The van der Waals surface area contributed by atoms with E-state index in [1.54, 1.807) is 48.5 Å². The Hall–Kier alpha value is -1.50. The van der Waals surface area contributed by atoms with E-state index in [1.165, 1.54) is 14.0 Å². The van der Waals surface area contributed by atoms with Gasteiger partial charge in [0.1, 0.15) is 30.5 Å². The van der Waals surface area contributed by atoms with E-state index < -0.39 is 102 Å². The molecule has 0 saturated carbocycles. The molecule has 15 heteroatoms. The van der Waals surface area contributed by atoms with Crippen molar-refractivity contribution in [3.8, 4) is 0 Å². The van der Waals surface area contributed by atoms with E-state index in [2.05, 4.69) is 5.16 Å². The third-order valence-corrected chi connectivity index (χ3v) is 12.6.